The highest BCUT2D eigenvalue weighted by molar-refractivity contribution is 7.97. The lowest BCUT2D eigenvalue weighted by molar-refractivity contribution is 0.193. The number of hydroxylamine groups is 1. The van der Waals surface area contributed by atoms with Gasteiger partial charge >= 0.3 is 0 Å². The molecular formula is C22H26N2OS. The predicted molar refractivity (Wildman–Crippen MR) is 113 cm³/mol. The Morgan fingerprint density at radius 2 is 1.81 bits per heavy atom. The monoisotopic (exact) mass is 366 g/mol. The van der Waals surface area contributed by atoms with E-state index in [1.54, 1.807) is 11.9 Å². The molecule has 0 heterocycles. The largest absolute Gasteiger partial charge is 0.291 e. The van der Waals surface area contributed by atoms with Crippen molar-refractivity contribution in [2.24, 2.45) is 0 Å². The molecule has 0 spiro atoms. The third-order valence-corrected chi connectivity index (χ3v) is 5.01. The highest BCUT2D eigenvalue weighted by Crippen LogP contribution is 2.27. The summed E-state index contributed by atoms with van der Waals surface area (Å²) in [5.41, 5.74) is 6.19. The summed E-state index contributed by atoms with van der Waals surface area (Å²) in [6.07, 6.45) is 5.72. The molecule has 0 aliphatic carbocycles. The van der Waals surface area contributed by atoms with Crippen molar-refractivity contribution in [3.8, 4) is 0 Å². The van der Waals surface area contributed by atoms with E-state index in [1.165, 1.54) is 5.56 Å². The molecule has 2 rings (SSSR count). The predicted octanol–water partition coefficient (Wildman–Crippen LogP) is 5.41. The first kappa shape index (κ1) is 20.0. The number of nitrogens with zero attached hydrogens (tertiary/aromatic N) is 1. The zero-order valence-corrected chi connectivity index (χ0v) is 15.8. The third-order valence-electron chi connectivity index (χ3n) is 3.97. The lowest BCUT2D eigenvalue weighted by Crippen LogP contribution is -2.24. The molecule has 0 saturated heterocycles. The molecule has 4 heteroatoms. The van der Waals surface area contributed by atoms with E-state index >= 15 is 0 Å². The summed E-state index contributed by atoms with van der Waals surface area (Å²) in [4.78, 5) is 1.12. The highest BCUT2D eigenvalue weighted by atomic mass is 32.2. The number of rotatable bonds is 11. The molecule has 0 unspecified atom stereocenters. The van der Waals surface area contributed by atoms with Gasteiger partial charge in [0.1, 0.15) is 0 Å². The van der Waals surface area contributed by atoms with Crippen molar-refractivity contribution in [1.82, 2.24) is 9.79 Å². The summed E-state index contributed by atoms with van der Waals surface area (Å²) in [6, 6.07) is 16.7. The van der Waals surface area contributed by atoms with E-state index in [4.69, 9.17) is 5.21 Å². The van der Waals surface area contributed by atoms with E-state index in [2.05, 4.69) is 65.9 Å². The van der Waals surface area contributed by atoms with Gasteiger partial charge in [0.25, 0.3) is 0 Å². The van der Waals surface area contributed by atoms with Crippen LogP contribution >= 0.6 is 11.9 Å². The van der Waals surface area contributed by atoms with Crippen LogP contribution in [0.5, 0.6) is 0 Å². The van der Waals surface area contributed by atoms with Gasteiger partial charge in [-0.25, -0.2) is 4.31 Å². The lowest BCUT2D eigenvalue weighted by atomic mass is 10.1. The van der Waals surface area contributed by atoms with Crippen LogP contribution in [-0.2, 0) is 6.42 Å². The maximum atomic E-state index is 9.09. The maximum absolute atomic E-state index is 9.09. The van der Waals surface area contributed by atoms with Crippen molar-refractivity contribution < 1.29 is 5.21 Å². The van der Waals surface area contributed by atoms with Crippen LogP contribution in [0.15, 0.2) is 78.9 Å². The Labute approximate surface area is 160 Å². The fraction of sp³-hybridized carbons (Fsp3) is 0.182. The van der Waals surface area contributed by atoms with Crippen LogP contribution in [0.25, 0.3) is 12.2 Å². The highest BCUT2D eigenvalue weighted by Gasteiger charge is 2.10. The first-order chi connectivity index (χ1) is 12.7. The van der Waals surface area contributed by atoms with Crippen molar-refractivity contribution in [3.05, 3.63) is 90.7 Å². The van der Waals surface area contributed by atoms with Crippen LogP contribution in [0.3, 0.4) is 0 Å². The zero-order valence-electron chi connectivity index (χ0n) is 15.0. The molecule has 2 N–H and O–H groups in total. The molecule has 0 aromatic heterocycles. The quantitative estimate of drug-likeness (QED) is 0.412. The van der Waals surface area contributed by atoms with Crippen molar-refractivity contribution in [3.63, 3.8) is 0 Å². The Hall–Kier alpha value is -2.27. The van der Waals surface area contributed by atoms with Gasteiger partial charge in [-0.2, -0.15) is 0 Å². The summed E-state index contributed by atoms with van der Waals surface area (Å²) < 4.78 is 2.20. The first-order valence-electron chi connectivity index (χ1n) is 8.60. The Bertz CT molecular complexity index is 743. The SMILES string of the molecule is C=Cc1ccc(SN(CCCc2ccccc2)CC(=C)NO)cc1C=C. The second kappa shape index (κ2) is 10.7. The van der Waals surface area contributed by atoms with Gasteiger partial charge in [0.05, 0.1) is 6.54 Å². The molecule has 0 fully saturated rings. The molecular weight excluding hydrogens is 340 g/mol. The van der Waals surface area contributed by atoms with E-state index in [0.29, 0.717) is 12.2 Å². The smallest absolute Gasteiger partial charge is 0.0509 e. The molecule has 2 aromatic rings. The Morgan fingerprint density at radius 3 is 2.46 bits per heavy atom. The number of hydrogen-bond acceptors (Lipinski definition) is 4. The number of benzene rings is 2. The number of aryl methyl sites for hydroxylation is 1. The van der Waals surface area contributed by atoms with E-state index < -0.39 is 0 Å². The van der Waals surface area contributed by atoms with Gasteiger partial charge in [-0.1, -0.05) is 68.3 Å². The minimum atomic E-state index is 0.558. The molecule has 2 aromatic carbocycles. The Kier molecular flexibility index (Phi) is 8.22. The minimum Gasteiger partial charge on any atom is -0.291 e. The normalized spacial score (nSPS) is 10.5. The average molecular weight is 367 g/mol. The summed E-state index contributed by atoms with van der Waals surface area (Å²) >= 11 is 1.66. The second-order valence-corrected chi connectivity index (χ2v) is 7.13. The van der Waals surface area contributed by atoms with E-state index in [0.717, 1.165) is 35.4 Å². The Morgan fingerprint density at radius 1 is 1.08 bits per heavy atom. The van der Waals surface area contributed by atoms with Crippen molar-refractivity contribution in [1.29, 1.82) is 0 Å². The van der Waals surface area contributed by atoms with Crippen LogP contribution < -0.4 is 5.48 Å². The minimum absolute atomic E-state index is 0.558. The van der Waals surface area contributed by atoms with Crippen molar-refractivity contribution >= 4 is 24.1 Å². The van der Waals surface area contributed by atoms with Crippen LogP contribution in [0.4, 0.5) is 0 Å². The van der Waals surface area contributed by atoms with Gasteiger partial charge in [-0.15, -0.1) is 0 Å². The number of hydrogen-bond donors (Lipinski definition) is 2. The summed E-state index contributed by atoms with van der Waals surface area (Å²) in [7, 11) is 0. The molecule has 0 amide bonds. The molecule has 0 bridgehead atoms. The fourth-order valence-corrected chi connectivity index (χ4v) is 3.68. The van der Waals surface area contributed by atoms with E-state index in [-0.39, 0.29) is 0 Å². The summed E-state index contributed by atoms with van der Waals surface area (Å²) in [5.74, 6) is 0. The molecule has 0 radical (unpaired) electrons. The van der Waals surface area contributed by atoms with E-state index in [1.807, 2.05) is 24.3 Å². The summed E-state index contributed by atoms with van der Waals surface area (Å²) in [5, 5.41) is 9.09. The first-order valence-corrected chi connectivity index (χ1v) is 9.37. The van der Waals surface area contributed by atoms with Gasteiger partial charge < -0.3 is 0 Å². The lowest BCUT2D eigenvalue weighted by Gasteiger charge is -2.22. The summed E-state index contributed by atoms with van der Waals surface area (Å²) in [6.45, 7) is 13.0. The molecule has 0 atom stereocenters. The van der Waals surface area contributed by atoms with Gasteiger partial charge in [-0.05, 0) is 53.6 Å². The third kappa shape index (κ3) is 6.23. The van der Waals surface area contributed by atoms with Gasteiger partial charge in [0, 0.05) is 17.1 Å². The second-order valence-electron chi connectivity index (χ2n) is 5.96. The molecule has 26 heavy (non-hydrogen) atoms. The van der Waals surface area contributed by atoms with Crippen LogP contribution in [0.2, 0.25) is 0 Å². The molecule has 0 saturated carbocycles. The van der Waals surface area contributed by atoms with Crippen molar-refractivity contribution in [2.75, 3.05) is 13.1 Å². The topological polar surface area (TPSA) is 35.5 Å². The fourth-order valence-electron chi connectivity index (χ4n) is 2.63. The molecule has 136 valence electrons. The van der Waals surface area contributed by atoms with Crippen LogP contribution in [-0.4, -0.2) is 22.6 Å². The molecule has 0 aliphatic heterocycles. The van der Waals surface area contributed by atoms with E-state index in [9.17, 15) is 0 Å². The Balaban J connectivity index is 2.03. The number of nitrogens with one attached hydrogen (secondary N) is 1. The average Bonchev–Trinajstić information content (AvgIpc) is 2.68. The maximum Gasteiger partial charge on any atom is 0.0509 e. The van der Waals surface area contributed by atoms with Crippen LogP contribution in [0.1, 0.15) is 23.1 Å². The zero-order chi connectivity index (χ0) is 18.8. The van der Waals surface area contributed by atoms with Gasteiger partial charge in [-0.3, -0.25) is 10.7 Å². The standard InChI is InChI=1S/C22H26N2OS/c1-4-20-13-14-22(16-21(20)5-2)26-24(17-18(3)23-25)15-9-12-19-10-7-6-8-11-19/h4-8,10-11,13-14,16,23,25H,1-3,9,12,15,17H2. The molecule has 3 nitrogen and oxygen atoms in total. The van der Waals surface area contributed by atoms with Crippen LogP contribution in [0, 0.1) is 0 Å². The molecule has 0 aliphatic rings. The van der Waals surface area contributed by atoms with Gasteiger partial charge in [0.15, 0.2) is 0 Å². The van der Waals surface area contributed by atoms with Crippen molar-refractivity contribution in [2.45, 2.75) is 17.7 Å². The van der Waals surface area contributed by atoms with Gasteiger partial charge in [0.2, 0.25) is 0 Å².